The van der Waals surface area contributed by atoms with Gasteiger partial charge in [0.05, 0.1) is 12.2 Å². The van der Waals surface area contributed by atoms with Crippen molar-refractivity contribution in [2.24, 2.45) is 17.9 Å². The van der Waals surface area contributed by atoms with E-state index in [9.17, 15) is 0 Å². The van der Waals surface area contributed by atoms with Crippen LogP contribution in [0.25, 0.3) is 0 Å². The second kappa shape index (κ2) is 5.50. The van der Waals surface area contributed by atoms with Gasteiger partial charge in [-0.15, -0.1) is 0 Å². The zero-order chi connectivity index (χ0) is 12.1. The highest BCUT2D eigenvalue weighted by Crippen LogP contribution is 2.02. The Balaban J connectivity index is 2.43. The molecule has 0 aliphatic heterocycles. The van der Waals surface area contributed by atoms with Crippen molar-refractivity contribution in [1.82, 2.24) is 14.7 Å². The predicted molar refractivity (Wildman–Crippen MR) is 62.4 cm³/mol. The highest BCUT2D eigenvalue weighted by molar-refractivity contribution is 5.84. The molecule has 0 radical (unpaired) electrons. The highest BCUT2D eigenvalue weighted by Gasteiger charge is 2.13. The topological polar surface area (TPSA) is 79.7 Å². The van der Waals surface area contributed by atoms with Gasteiger partial charge in [-0.25, -0.2) is 0 Å². The van der Waals surface area contributed by atoms with Gasteiger partial charge in [-0.3, -0.25) is 9.58 Å². The van der Waals surface area contributed by atoms with Crippen LogP contribution in [0.4, 0.5) is 0 Å². The van der Waals surface area contributed by atoms with Crippen LogP contribution in [0.2, 0.25) is 0 Å². The van der Waals surface area contributed by atoms with Crippen LogP contribution in [-0.2, 0) is 13.5 Å². The molecule has 0 saturated carbocycles. The van der Waals surface area contributed by atoms with Gasteiger partial charge in [-0.05, 0) is 26.0 Å². The Hall–Kier alpha value is -1.56. The minimum atomic E-state index is -0.0679. The number of aryl methyl sites for hydroxylation is 1. The average Bonchev–Trinajstić information content (AvgIpc) is 2.69. The van der Waals surface area contributed by atoms with Gasteiger partial charge >= 0.3 is 0 Å². The van der Waals surface area contributed by atoms with Crippen LogP contribution in [0.15, 0.2) is 17.5 Å². The zero-order valence-electron chi connectivity index (χ0n) is 9.96. The Labute approximate surface area is 95.3 Å². The summed E-state index contributed by atoms with van der Waals surface area (Å²) in [5.41, 5.74) is 6.71. The Morgan fingerprint density at radius 1 is 1.75 bits per heavy atom. The molecule has 0 bridgehead atoms. The Kier molecular flexibility index (Phi) is 4.30. The normalized spacial score (nSPS) is 14.4. The first-order valence-corrected chi connectivity index (χ1v) is 5.19. The smallest absolute Gasteiger partial charge is 0.156 e. The van der Waals surface area contributed by atoms with Crippen LogP contribution < -0.4 is 5.73 Å². The van der Waals surface area contributed by atoms with Crippen LogP contribution in [0, 0.1) is 0 Å². The van der Waals surface area contributed by atoms with Crippen molar-refractivity contribution in [3.05, 3.63) is 18.0 Å². The predicted octanol–water partition coefficient (Wildman–Crippen LogP) is 0.0293. The van der Waals surface area contributed by atoms with Gasteiger partial charge in [0.1, 0.15) is 0 Å². The molecular formula is C10H19N5O. The molecule has 90 valence electrons. The molecule has 1 rings (SSSR count). The summed E-state index contributed by atoms with van der Waals surface area (Å²) in [6, 6.07) is -0.0679. The molecule has 3 N–H and O–H groups in total. The van der Waals surface area contributed by atoms with Gasteiger partial charge in [-0.1, -0.05) is 5.16 Å². The number of nitrogens with two attached hydrogens (primary N) is 1. The van der Waals surface area contributed by atoms with Crippen molar-refractivity contribution < 1.29 is 5.21 Å². The lowest BCUT2D eigenvalue weighted by Gasteiger charge is -2.22. The Bertz CT molecular complexity index is 360. The third-order valence-corrected chi connectivity index (χ3v) is 2.72. The number of likely N-dealkylation sites (N-methyl/N-ethyl adjacent to an activating group) is 1. The van der Waals surface area contributed by atoms with Gasteiger partial charge in [-0.2, -0.15) is 5.10 Å². The molecule has 1 aromatic rings. The molecule has 0 aliphatic carbocycles. The zero-order valence-corrected chi connectivity index (χ0v) is 9.96. The summed E-state index contributed by atoms with van der Waals surface area (Å²) < 4.78 is 1.78. The van der Waals surface area contributed by atoms with E-state index >= 15 is 0 Å². The monoisotopic (exact) mass is 225 g/mol. The van der Waals surface area contributed by atoms with Gasteiger partial charge in [0, 0.05) is 19.8 Å². The van der Waals surface area contributed by atoms with Gasteiger partial charge in [0.15, 0.2) is 5.84 Å². The van der Waals surface area contributed by atoms with E-state index in [0.717, 1.165) is 13.0 Å². The fraction of sp³-hybridized carbons (Fsp3) is 0.600. The van der Waals surface area contributed by atoms with Gasteiger partial charge in [0.2, 0.25) is 0 Å². The third-order valence-electron chi connectivity index (χ3n) is 2.72. The standard InChI is InChI=1S/C10H19N5O/c1-8(10(11)13-16)14(2)5-4-9-6-12-15(3)7-9/h6-8,16H,4-5H2,1-3H3,(H2,11,13). The lowest BCUT2D eigenvalue weighted by atomic mass is 10.2. The van der Waals surface area contributed by atoms with E-state index in [1.54, 1.807) is 4.68 Å². The van der Waals surface area contributed by atoms with E-state index in [0.29, 0.717) is 0 Å². The minimum absolute atomic E-state index is 0.0679. The lowest BCUT2D eigenvalue weighted by molar-refractivity contribution is 0.286. The quantitative estimate of drug-likeness (QED) is 0.321. The van der Waals surface area contributed by atoms with Crippen molar-refractivity contribution in [2.75, 3.05) is 13.6 Å². The molecule has 16 heavy (non-hydrogen) atoms. The third kappa shape index (κ3) is 3.23. The van der Waals surface area contributed by atoms with Crippen molar-refractivity contribution >= 4 is 5.84 Å². The molecule has 1 atom stereocenters. The van der Waals surface area contributed by atoms with Crippen molar-refractivity contribution in [1.29, 1.82) is 0 Å². The van der Waals surface area contributed by atoms with E-state index in [-0.39, 0.29) is 11.9 Å². The summed E-state index contributed by atoms with van der Waals surface area (Å²) in [4.78, 5) is 2.03. The van der Waals surface area contributed by atoms with E-state index in [1.165, 1.54) is 5.56 Å². The Morgan fingerprint density at radius 2 is 2.44 bits per heavy atom. The second-order valence-electron chi connectivity index (χ2n) is 3.95. The average molecular weight is 225 g/mol. The van der Waals surface area contributed by atoms with E-state index in [4.69, 9.17) is 10.9 Å². The second-order valence-corrected chi connectivity index (χ2v) is 3.95. The van der Waals surface area contributed by atoms with Crippen molar-refractivity contribution in [2.45, 2.75) is 19.4 Å². The molecule has 0 saturated heterocycles. The van der Waals surface area contributed by atoms with E-state index in [2.05, 4.69) is 10.3 Å². The molecule has 1 heterocycles. The van der Waals surface area contributed by atoms with Crippen LogP contribution in [-0.4, -0.2) is 45.4 Å². The fourth-order valence-electron chi connectivity index (χ4n) is 1.41. The summed E-state index contributed by atoms with van der Waals surface area (Å²) in [5, 5.41) is 15.7. The molecule has 0 aliphatic rings. The molecular weight excluding hydrogens is 206 g/mol. The Morgan fingerprint density at radius 3 is 2.94 bits per heavy atom. The largest absolute Gasteiger partial charge is 0.409 e. The van der Waals surface area contributed by atoms with Crippen LogP contribution in [0.3, 0.4) is 0 Å². The number of aromatic nitrogens is 2. The highest BCUT2D eigenvalue weighted by atomic mass is 16.4. The summed E-state index contributed by atoms with van der Waals surface area (Å²) in [5.74, 6) is 0.230. The number of amidine groups is 1. The lowest BCUT2D eigenvalue weighted by Crippen LogP contribution is -2.41. The van der Waals surface area contributed by atoms with Crippen molar-refractivity contribution in [3.8, 4) is 0 Å². The van der Waals surface area contributed by atoms with Crippen LogP contribution >= 0.6 is 0 Å². The van der Waals surface area contributed by atoms with Crippen molar-refractivity contribution in [3.63, 3.8) is 0 Å². The fourth-order valence-corrected chi connectivity index (χ4v) is 1.41. The first-order chi connectivity index (χ1) is 7.54. The molecule has 0 fully saturated rings. The number of hydrogen-bond acceptors (Lipinski definition) is 4. The van der Waals surface area contributed by atoms with Gasteiger partial charge < -0.3 is 10.9 Å². The van der Waals surface area contributed by atoms with Crippen LogP contribution in [0.5, 0.6) is 0 Å². The van der Waals surface area contributed by atoms with E-state index < -0.39 is 0 Å². The number of nitrogens with zero attached hydrogens (tertiary/aromatic N) is 4. The summed E-state index contributed by atoms with van der Waals surface area (Å²) in [6.45, 7) is 2.74. The maximum absolute atomic E-state index is 8.57. The summed E-state index contributed by atoms with van der Waals surface area (Å²) in [6.07, 6.45) is 4.73. The summed E-state index contributed by atoms with van der Waals surface area (Å²) >= 11 is 0. The van der Waals surface area contributed by atoms with Crippen LogP contribution in [0.1, 0.15) is 12.5 Å². The van der Waals surface area contributed by atoms with E-state index in [1.807, 2.05) is 38.3 Å². The molecule has 0 spiro atoms. The molecule has 0 amide bonds. The molecule has 1 unspecified atom stereocenters. The molecule has 1 aromatic heterocycles. The first-order valence-electron chi connectivity index (χ1n) is 5.19. The maximum atomic E-state index is 8.57. The maximum Gasteiger partial charge on any atom is 0.156 e. The van der Waals surface area contributed by atoms with Gasteiger partial charge in [0.25, 0.3) is 0 Å². The molecule has 6 heteroatoms. The number of hydrogen-bond donors (Lipinski definition) is 2. The number of rotatable bonds is 5. The SMILES string of the molecule is CC(C(N)=NO)N(C)CCc1cnn(C)c1. The minimum Gasteiger partial charge on any atom is -0.409 e. The molecule has 6 nitrogen and oxygen atoms in total. The molecule has 0 aromatic carbocycles. The first kappa shape index (κ1) is 12.5. The summed E-state index contributed by atoms with van der Waals surface area (Å²) in [7, 11) is 3.84. The number of oxime groups is 1.